The van der Waals surface area contributed by atoms with Crippen LogP contribution in [0.15, 0.2) is 54.1 Å². The van der Waals surface area contributed by atoms with Crippen LogP contribution in [0, 0.1) is 0 Å². The number of benzene rings is 1. The first-order valence-electron chi connectivity index (χ1n) is 9.60. The number of anilines is 2. The van der Waals surface area contributed by atoms with Crippen molar-refractivity contribution >= 4 is 40.8 Å². The van der Waals surface area contributed by atoms with Crippen LogP contribution in [0.2, 0.25) is 5.02 Å². The molecule has 1 amide bonds. The lowest BCUT2D eigenvalue weighted by Crippen LogP contribution is -2.49. The molecule has 0 radical (unpaired) electrons. The number of para-hydroxylation sites is 1. The number of pyridine rings is 1. The molecule has 1 aromatic carbocycles. The van der Waals surface area contributed by atoms with Gasteiger partial charge in [0.1, 0.15) is 5.82 Å². The number of alkyl halides is 3. The Morgan fingerprint density at radius 1 is 1.26 bits per heavy atom. The van der Waals surface area contributed by atoms with Crippen molar-refractivity contribution in [3.63, 3.8) is 0 Å². The Morgan fingerprint density at radius 2 is 1.97 bits per heavy atom. The van der Waals surface area contributed by atoms with E-state index >= 15 is 0 Å². The molecule has 2 aromatic rings. The molecule has 0 saturated carbocycles. The van der Waals surface area contributed by atoms with Crippen molar-refractivity contribution in [2.75, 3.05) is 48.7 Å². The zero-order valence-corrected chi connectivity index (χ0v) is 18.2. The molecule has 0 atom stereocenters. The van der Waals surface area contributed by atoms with Crippen LogP contribution in [0.25, 0.3) is 0 Å². The number of amides is 1. The number of piperazine rings is 1. The minimum absolute atomic E-state index is 0.0327. The van der Waals surface area contributed by atoms with E-state index < -0.39 is 11.7 Å². The lowest BCUT2D eigenvalue weighted by atomic mass is 10.2. The highest BCUT2D eigenvalue weighted by molar-refractivity contribution is 7.99. The number of rotatable bonds is 7. The van der Waals surface area contributed by atoms with E-state index in [1.54, 1.807) is 17.8 Å². The van der Waals surface area contributed by atoms with E-state index in [1.807, 2.05) is 34.1 Å². The minimum atomic E-state index is -4.48. The summed E-state index contributed by atoms with van der Waals surface area (Å²) in [7, 11) is 0. The molecule has 1 N–H and O–H groups in total. The highest BCUT2D eigenvalue weighted by Crippen LogP contribution is 2.33. The second-order valence-corrected chi connectivity index (χ2v) is 8.40. The van der Waals surface area contributed by atoms with Gasteiger partial charge in [-0.15, -0.1) is 18.3 Å². The number of carbonyl (C=O) groups is 1. The van der Waals surface area contributed by atoms with E-state index in [0.717, 1.165) is 28.6 Å². The monoisotopic (exact) mass is 470 g/mol. The average Bonchev–Trinajstić information content (AvgIpc) is 2.73. The number of nitrogens with zero attached hydrogens (tertiary/aromatic N) is 3. The zero-order chi connectivity index (χ0) is 22.4. The molecule has 10 heteroatoms. The Bertz CT molecular complexity index is 933. The third-order valence-corrected chi connectivity index (χ3v) is 6.05. The lowest BCUT2D eigenvalue weighted by molar-refractivity contribution is -0.137. The van der Waals surface area contributed by atoms with Gasteiger partial charge >= 0.3 is 6.18 Å². The molecule has 2 heterocycles. The molecule has 1 fully saturated rings. The van der Waals surface area contributed by atoms with Gasteiger partial charge in [0.2, 0.25) is 5.91 Å². The van der Waals surface area contributed by atoms with E-state index in [0.29, 0.717) is 32.0 Å². The number of aromatic nitrogens is 1. The first-order chi connectivity index (χ1) is 14.8. The smallest absolute Gasteiger partial charge is 0.353 e. The third-order valence-electron chi connectivity index (χ3n) is 4.71. The van der Waals surface area contributed by atoms with E-state index in [-0.39, 0.29) is 17.5 Å². The number of nitrogens with one attached hydrogen (secondary N) is 1. The molecule has 5 nitrogen and oxygen atoms in total. The third kappa shape index (κ3) is 6.38. The predicted molar refractivity (Wildman–Crippen MR) is 119 cm³/mol. The second-order valence-electron chi connectivity index (χ2n) is 6.93. The van der Waals surface area contributed by atoms with Gasteiger partial charge in [-0.05, 0) is 18.2 Å². The van der Waals surface area contributed by atoms with Gasteiger partial charge in [0, 0.05) is 43.0 Å². The number of thioether (sulfide) groups is 1. The summed E-state index contributed by atoms with van der Waals surface area (Å²) in [6, 6.07) is 8.49. The van der Waals surface area contributed by atoms with Crippen LogP contribution in [0.1, 0.15) is 5.56 Å². The van der Waals surface area contributed by atoms with Crippen LogP contribution in [-0.2, 0) is 11.0 Å². The van der Waals surface area contributed by atoms with E-state index in [4.69, 9.17) is 11.6 Å². The van der Waals surface area contributed by atoms with Gasteiger partial charge in [0.25, 0.3) is 0 Å². The molecule has 31 heavy (non-hydrogen) atoms. The van der Waals surface area contributed by atoms with Crippen LogP contribution in [0.3, 0.4) is 0 Å². The molecule has 3 rings (SSSR count). The fraction of sp³-hybridized carbons (Fsp3) is 0.333. The fourth-order valence-electron chi connectivity index (χ4n) is 3.17. The highest BCUT2D eigenvalue weighted by Gasteiger charge is 2.32. The van der Waals surface area contributed by atoms with E-state index in [9.17, 15) is 18.0 Å². The standard InChI is InChI=1S/C21H22ClF3N4OS/c1-2-11-31-18-6-4-3-5-17(18)27-19(30)14-28-7-9-29(10-8-28)20-16(22)12-15(13-26-20)21(23,24)25/h2-6,12-13H,1,7-11,14H2,(H,27,30). The molecule has 0 aliphatic carbocycles. The lowest BCUT2D eigenvalue weighted by Gasteiger charge is -2.35. The van der Waals surface area contributed by atoms with Crippen molar-refractivity contribution in [1.29, 1.82) is 0 Å². The Labute approximate surface area is 188 Å². The Morgan fingerprint density at radius 3 is 2.61 bits per heavy atom. The van der Waals surface area contributed by atoms with Gasteiger partial charge in [-0.3, -0.25) is 9.69 Å². The summed E-state index contributed by atoms with van der Waals surface area (Å²) in [5.74, 6) is 0.952. The first-order valence-corrected chi connectivity index (χ1v) is 11.0. The second kappa shape index (κ2) is 10.4. The Balaban J connectivity index is 1.54. The maximum absolute atomic E-state index is 12.8. The Hall–Kier alpha value is -2.23. The molecule has 0 bridgehead atoms. The van der Waals surface area contributed by atoms with Crippen LogP contribution >= 0.6 is 23.4 Å². The minimum Gasteiger partial charge on any atom is -0.353 e. The van der Waals surface area contributed by atoms with Crippen molar-refractivity contribution in [2.24, 2.45) is 0 Å². The van der Waals surface area contributed by atoms with Crippen molar-refractivity contribution in [1.82, 2.24) is 9.88 Å². The summed E-state index contributed by atoms with van der Waals surface area (Å²) in [6.07, 6.45) is -1.88. The maximum Gasteiger partial charge on any atom is 0.417 e. The van der Waals surface area contributed by atoms with E-state index in [2.05, 4.69) is 16.9 Å². The quantitative estimate of drug-likeness (QED) is 0.465. The van der Waals surface area contributed by atoms with Crippen LogP contribution < -0.4 is 10.2 Å². The summed E-state index contributed by atoms with van der Waals surface area (Å²) in [4.78, 5) is 21.2. The molecule has 1 saturated heterocycles. The SMILES string of the molecule is C=CCSc1ccccc1NC(=O)CN1CCN(c2ncc(C(F)(F)F)cc2Cl)CC1. The number of carbonyl (C=O) groups excluding carboxylic acids is 1. The van der Waals surface area contributed by atoms with Gasteiger partial charge < -0.3 is 10.2 Å². The van der Waals surface area contributed by atoms with Crippen LogP contribution in [-0.4, -0.2) is 54.3 Å². The van der Waals surface area contributed by atoms with Crippen molar-refractivity contribution in [3.05, 3.63) is 59.8 Å². The van der Waals surface area contributed by atoms with Gasteiger partial charge in [-0.2, -0.15) is 13.2 Å². The van der Waals surface area contributed by atoms with Crippen LogP contribution in [0.5, 0.6) is 0 Å². The summed E-state index contributed by atoms with van der Waals surface area (Å²) < 4.78 is 38.4. The molecular formula is C21H22ClF3N4OS. The first kappa shape index (κ1) is 23.4. The van der Waals surface area contributed by atoms with E-state index in [1.165, 1.54) is 0 Å². The molecule has 1 aliphatic rings. The molecule has 1 aromatic heterocycles. The van der Waals surface area contributed by atoms with Gasteiger partial charge in [-0.1, -0.05) is 29.8 Å². The average molecular weight is 471 g/mol. The van der Waals surface area contributed by atoms with Crippen molar-refractivity contribution in [2.45, 2.75) is 11.1 Å². The van der Waals surface area contributed by atoms with Gasteiger partial charge in [0.15, 0.2) is 0 Å². The van der Waals surface area contributed by atoms with Gasteiger partial charge in [-0.25, -0.2) is 4.98 Å². The number of hydrogen-bond donors (Lipinski definition) is 1. The summed E-state index contributed by atoms with van der Waals surface area (Å²) in [6.45, 7) is 6.09. The molecule has 1 aliphatic heterocycles. The topological polar surface area (TPSA) is 48.5 Å². The normalized spacial score (nSPS) is 15.0. The summed E-state index contributed by atoms with van der Waals surface area (Å²) in [5, 5.41) is 2.92. The highest BCUT2D eigenvalue weighted by atomic mass is 35.5. The number of halogens is 4. The largest absolute Gasteiger partial charge is 0.417 e. The predicted octanol–water partition coefficient (Wildman–Crippen LogP) is 4.79. The molecular weight excluding hydrogens is 449 g/mol. The summed E-state index contributed by atoms with van der Waals surface area (Å²) in [5.41, 5.74) is -0.109. The molecule has 0 spiro atoms. The van der Waals surface area contributed by atoms with Gasteiger partial charge in [0.05, 0.1) is 22.8 Å². The maximum atomic E-state index is 12.8. The molecule has 0 unspecified atom stereocenters. The Kier molecular flexibility index (Phi) is 7.85. The zero-order valence-electron chi connectivity index (χ0n) is 16.7. The van der Waals surface area contributed by atoms with Crippen LogP contribution in [0.4, 0.5) is 24.7 Å². The van der Waals surface area contributed by atoms with Crippen molar-refractivity contribution in [3.8, 4) is 0 Å². The summed E-state index contributed by atoms with van der Waals surface area (Å²) >= 11 is 7.63. The number of hydrogen-bond acceptors (Lipinski definition) is 5. The molecule has 166 valence electrons. The van der Waals surface area contributed by atoms with Crippen molar-refractivity contribution < 1.29 is 18.0 Å². The fourth-order valence-corrected chi connectivity index (χ4v) is 4.21.